The molecule has 6 nitrogen and oxygen atoms in total. The lowest BCUT2D eigenvalue weighted by atomic mass is 10.1. The molecule has 0 atom stereocenters. The van der Waals surface area contributed by atoms with Gasteiger partial charge in [0.1, 0.15) is 17.0 Å². The Bertz CT molecular complexity index is 973. The number of hydrogen-bond acceptors (Lipinski definition) is 4. The number of furan rings is 1. The molecular weight excluding hydrogens is 344 g/mol. The molecule has 27 heavy (non-hydrogen) atoms. The molecule has 1 aromatic heterocycles. The maximum atomic E-state index is 12.9. The first-order valence-electron chi connectivity index (χ1n) is 8.85. The highest BCUT2D eigenvalue weighted by atomic mass is 16.5. The number of carbonyl (C=O) groups excluding carboxylic acids is 2. The first-order valence-corrected chi connectivity index (χ1v) is 8.85. The zero-order valence-corrected chi connectivity index (χ0v) is 15.6. The third-order valence-corrected chi connectivity index (χ3v) is 4.43. The van der Waals surface area contributed by atoms with Crippen molar-refractivity contribution in [3.8, 4) is 5.75 Å². The van der Waals surface area contributed by atoms with Crippen LogP contribution in [0.3, 0.4) is 0 Å². The van der Waals surface area contributed by atoms with Crippen molar-refractivity contribution in [2.75, 3.05) is 25.5 Å². The Hall–Kier alpha value is -3.28. The molecule has 0 saturated carbocycles. The predicted octanol–water partition coefficient (Wildman–Crippen LogP) is 4.18. The van der Waals surface area contributed by atoms with Gasteiger partial charge in [0.15, 0.2) is 0 Å². The quantitative estimate of drug-likeness (QED) is 0.710. The Labute approximate surface area is 157 Å². The normalized spacial score (nSPS) is 10.6. The summed E-state index contributed by atoms with van der Waals surface area (Å²) < 4.78 is 11.1. The fourth-order valence-corrected chi connectivity index (χ4v) is 2.99. The molecule has 6 heteroatoms. The number of ether oxygens (including phenoxy) is 1. The van der Waals surface area contributed by atoms with Gasteiger partial charge < -0.3 is 19.4 Å². The van der Waals surface area contributed by atoms with Crippen molar-refractivity contribution < 1.29 is 18.7 Å². The van der Waals surface area contributed by atoms with Gasteiger partial charge in [0.05, 0.1) is 12.7 Å². The van der Waals surface area contributed by atoms with Gasteiger partial charge in [-0.15, -0.1) is 0 Å². The Kier molecular flexibility index (Phi) is 5.45. The molecule has 1 heterocycles. The van der Waals surface area contributed by atoms with Crippen LogP contribution in [0.2, 0.25) is 0 Å². The predicted molar refractivity (Wildman–Crippen MR) is 104 cm³/mol. The fourth-order valence-electron chi connectivity index (χ4n) is 2.99. The minimum Gasteiger partial charge on any atom is -0.496 e. The number of carbonyl (C=O) groups is 2. The summed E-state index contributed by atoms with van der Waals surface area (Å²) in [7, 11) is 1.51. The van der Waals surface area contributed by atoms with Crippen LogP contribution in [-0.2, 0) is 0 Å². The smallest absolute Gasteiger partial charge is 0.291 e. The van der Waals surface area contributed by atoms with E-state index in [1.807, 2.05) is 32.0 Å². The van der Waals surface area contributed by atoms with Crippen molar-refractivity contribution in [3.63, 3.8) is 0 Å². The standard InChI is InChI=1S/C21H22N2O4/c1-4-23(5-2)21(25)19-18(14-10-6-9-13-17(14)27-19)22-20(24)15-11-7-8-12-16(15)26-3/h6-13H,4-5H2,1-3H3,(H,22,24). The van der Waals surface area contributed by atoms with E-state index in [2.05, 4.69) is 5.32 Å². The highest BCUT2D eigenvalue weighted by Gasteiger charge is 2.26. The fraction of sp³-hybridized carbons (Fsp3) is 0.238. The second kappa shape index (κ2) is 7.95. The van der Waals surface area contributed by atoms with Gasteiger partial charge in [-0.05, 0) is 38.1 Å². The monoisotopic (exact) mass is 366 g/mol. The van der Waals surface area contributed by atoms with Crippen LogP contribution in [0.1, 0.15) is 34.8 Å². The van der Waals surface area contributed by atoms with Gasteiger partial charge in [-0.25, -0.2) is 0 Å². The average molecular weight is 366 g/mol. The van der Waals surface area contributed by atoms with Gasteiger partial charge in [-0.1, -0.05) is 24.3 Å². The number of methoxy groups -OCH3 is 1. The summed E-state index contributed by atoms with van der Waals surface area (Å²) in [5.74, 6) is -0.0401. The van der Waals surface area contributed by atoms with Crippen LogP contribution < -0.4 is 10.1 Å². The Morgan fingerprint density at radius 2 is 1.70 bits per heavy atom. The van der Waals surface area contributed by atoms with Crippen molar-refractivity contribution in [1.82, 2.24) is 4.90 Å². The minimum absolute atomic E-state index is 0.128. The summed E-state index contributed by atoms with van der Waals surface area (Å²) in [6.07, 6.45) is 0. The summed E-state index contributed by atoms with van der Waals surface area (Å²) in [6.45, 7) is 4.90. The zero-order valence-electron chi connectivity index (χ0n) is 15.6. The van der Waals surface area contributed by atoms with E-state index in [9.17, 15) is 9.59 Å². The summed E-state index contributed by atoms with van der Waals surface area (Å²) in [6, 6.07) is 14.2. The van der Waals surface area contributed by atoms with E-state index < -0.39 is 0 Å². The number of fused-ring (bicyclic) bond motifs is 1. The Morgan fingerprint density at radius 1 is 1.04 bits per heavy atom. The maximum Gasteiger partial charge on any atom is 0.291 e. The molecule has 0 saturated heterocycles. The van der Waals surface area contributed by atoms with Crippen molar-refractivity contribution in [2.45, 2.75) is 13.8 Å². The van der Waals surface area contributed by atoms with E-state index >= 15 is 0 Å². The second-order valence-corrected chi connectivity index (χ2v) is 5.93. The van der Waals surface area contributed by atoms with E-state index in [0.29, 0.717) is 41.1 Å². The summed E-state index contributed by atoms with van der Waals surface area (Å²) >= 11 is 0. The van der Waals surface area contributed by atoms with Crippen LogP contribution in [0.15, 0.2) is 52.9 Å². The third kappa shape index (κ3) is 3.51. The average Bonchev–Trinajstić information content (AvgIpc) is 3.07. The van der Waals surface area contributed by atoms with Crippen LogP contribution in [0.5, 0.6) is 5.75 Å². The highest BCUT2D eigenvalue weighted by Crippen LogP contribution is 2.32. The van der Waals surface area contributed by atoms with Crippen molar-refractivity contribution in [2.24, 2.45) is 0 Å². The molecule has 3 rings (SSSR count). The lowest BCUT2D eigenvalue weighted by Crippen LogP contribution is -2.31. The van der Waals surface area contributed by atoms with Crippen LogP contribution in [0, 0.1) is 0 Å². The van der Waals surface area contributed by atoms with Gasteiger partial charge in [-0.2, -0.15) is 0 Å². The number of rotatable bonds is 6. The van der Waals surface area contributed by atoms with Gasteiger partial charge in [-0.3, -0.25) is 9.59 Å². The molecule has 2 aromatic carbocycles. The van der Waals surface area contributed by atoms with E-state index in [-0.39, 0.29) is 17.6 Å². The molecule has 0 aliphatic carbocycles. The molecule has 140 valence electrons. The van der Waals surface area contributed by atoms with Crippen molar-refractivity contribution >= 4 is 28.5 Å². The number of para-hydroxylation sites is 2. The van der Waals surface area contributed by atoms with E-state index in [4.69, 9.17) is 9.15 Å². The number of nitrogens with one attached hydrogen (secondary N) is 1. The SMILES string of the molecule is CCN(CC)C(=O)c1oc2ccccc2c1NC(=O)c1ccccc1OC. The lowest BCUT2D eigenvalue weighted by molar-refractivity contribution is 0.0745. The Balaban J connectivity index is 2.06. The number of hydrogen-bond donors (Lipinski definition) is 1. The number of nitrogens with zero attached hydrogens (tertiary/aromatic N) is 1. The topological polar surface area (TPSA) is 71.8 Å². The van der Waals surface area contributed by atoms with Crippen molar-refractivity contribution in [1.29, 1.82) is 0 Å². The molecule has 0 aliphatic heterocycles. The molecule has 1 N–H and O–H groups in total. The zero-order chi connectivity index (χ0) is 19.4. The Morgan fingerprint density at radius 3 is 2.41 bits per heavy atom. The summed E-state index contributed by atoms with van der Waals surface area (Å²) in [4.78, 5) is 27.4. The van der Waals surface area contributed by atoms with Crippen LogP contribution in [-0.4, -0.2) is 36.9 Å². The summed E-state index contributed by atoms with van der Waals surface area (Å²) in [5.41, 5.74) is 1.30. The molecule has 0 radical (unpaired) electrons. The largest absolute Gasteiger partial charge is 0.496 e. The number of benzene rings is 2. The van der Waals surface area contributed by atoms with E-state index in [0.717, 1.165) is 0 Å². The van der Waals surface area contributed by atoms with Gasteiger partial charge in [0.2, 0.25) is 5.76 Å². The van der Waals surface area contributed by atoms with Gasteiger partial charge in [0, 0.05) is 18.5 Å². The minimum atomic E-state index is -0.368. The molecule has 0 aliphatic rings. The number of anilines is 1. The van der Waals surface area contributed by atoms with Crippen LogP contribution in [0.25, 0.3) is 11.0 Å². The second-order valence-electron chi connectivity index (χ2n) is 5.93. The molecule has 3 aromatic rings. The van der Waals surface area contributed by atoms with Gasteiger partial charge >= 0.3 is 0 Å². The van der Waals surface area contributed by atoms with Gasteiger partial charge in [0.25, 0.3) is 11.8 Å². The lowest BCUT2D eigenvalue weighted by Gasteiger charge is -2.18. The third-order valence-electron chi connectivity index (χ3n) is 4.43. The molecule has 0 spiro atoms. The maximum absolute atomic E-state index is 12.9. The summed E-state index contributed by atoms with van der Waals surface area (Å²) in [5, 5.41) is 3.53. The first-order chi connectivity index (χ1) is 13.1. The van der Waals surface area contributed by atoms with Crippen molar-refractivity contribution in [3.05, 3.63) is 59.9 Å². The van der Waals surface area contributed by atoms with Crippen LogP contribution in [0.4, 0.5) is 5.69 Å². The highest BCUT2D eigenvalue weighted by molar-refractivity contribution is 6.15. The molecular formula is C21H22N2O4. The molecule has 0 unspecified atom stereocenters. The molecule has 0 bridgehead atoms. The van der Waals surface area contributed by atoms with E-state index in [1.54, 1.807) is 35.2 Å². The molecule has 0 fully saturated rings. The van der Waals surface area contributed by atoms with E-state index in [1.165, 1.54) is 7.11 Å². The first kappa shape index (κ1) is 18.5. The van der Waals surface area contributed by atoms with Crippen LogP contribution >= 0.6 is 0 Å². The number of amides is 2. The molecule has 2 amide bonds.